The Kier molecular flexibility index (Phi) is 5.76. The van der Waals surface area contributed by atoms with E-state index in [-0.39, 0.29) is 24.5 Å². The van der Waals surface area contributed by atoms with Crippen LogP contribution in [0, 0.1) is 6.92 Å². The number of benzene rings is 2. The number of likely N-dealkylation sites (tertiary alicyclic amines) is 1. The fourth-order valence-corrected chi connectivity index (χ4v) is 4.79. The molecule has 150 valence electrons. The van der Waals surface area contributed by atoms with Crippen molar-refractivity contribution in [3.63, 3.8) is 0 Å². The van der Waals surface area contributed by atoms with Crippen LogP contribution in [0.25, 0.3) is 10.2 Å². The molecule has 0 saturated carbocycles. The van der Waals surface area contributed by atoms with E-state index in [1.165, 1.54) is 0 Å². The number of nitrogens with zero attached hydrogens (tertiary/aromatic N) is 2. The number of carbonyl (C=O) groups excluding carboxylic acids is 2. The van der Waals surface area contributed by atoms with Crippen LogP contribution in [0.15, 0.2) is 48.5 Å². The first kappa shape index (κ1) is 19.4. The number of anilines is 1. The molecule has 1 saturated heterocycles. The molecular weight excluding hydrogens is 384 g/mol. The van der Waals surface area contributed by atoms with E-state index in [9.17, 15) is 9.59 Å². The van der Waals surface area contributed by atoms with Crippen molar-refractivity contribution in [2.45, 2.75) is 32.2 Å². The topological polar surface area (TPSA) is 74.3 Å². The summed E-state index contributed by atoms with van der Waals surface area (Å²) >= 11 is 1.65. The van der Waals surface area contributed by atoms with Crippen molar-refractivity contribution >= 4 is 39.2 Å². The van der Waals surface area contributed by atoms with Gasteiger partial charge in [-0.1, -0.05) is 24.3 Å². The summed E-state index contributed by atoms with van der Waals surface area (Å²) in [5, 5.41) is 6.43. The molecule has 2 N–H and O–H groups in total. The van der Waals surface area contributed by atoms with Gasteiger partial charge in [0.1, 0.15) is 5.01 Å². The van der Waals surface area contributed by atoms with Gasteiger partial charge in [-0.2, -0.15) is 0 Å². The lowest BCUT2D eigenvalue weighted by Gasteiger charge is -2.34. The average molecular weight is 409 g/mol. The van der Waals surface area contributed by atoms with Gasteiger partial charge in [0, 0.05) is 12.2 Å². The van der Waals surface area contributed by atoms with Crippen LogP contribution in [0.1, 0.15) is 35.9 Å². The third-order valence-electron chi connectivity index (χ3n) is 5.09. The molecule has 0 aliphatic carbocycles. The Morgan fingerprint density at radius 3 is 2.86 bits per heavy atom. The van der Waals surface area contributed by atoms with Crippen LogP contribution in [0.2, 0.25) is 0 Å². The predicted octanol–water partition coefficient (Wildman–Crippen LogP) is 4.48. The van der Waals surface area contributed by atoms with E-state index in [2.05, 4.69) is 16.7 Å². The molecule has 0 radical (unpaired) electrons. The second-order valence-electron chi connectivity index (χ2n) is 7.30. The third kappa shape index (κ3) is 4.56. The molecule has 0 spiro atoms. The van der Waals surface area contributed by atoms with Gasteiger partial charge in [0.25, 0.3) is 0 Å². The molecule has 1 atom stereocenters. The smallest absolute Gasteiger partial charge is 0.319 e. The number of hydrogen-bond donors (Lipinski definition) is 2. The molecule has 2 aromatic carbocycles. The molecule has 1 unspecified atom stereocenters. The molecule has 0 bridgehead atoms. The summed E-state index contributed by atoms with van der Waals surface area (Å²) in [6.07, 6.45) is 2.95. The zero-order chi connectivity index (χ0) is 20.2. The van der Waals surface area contributed by atoms with Crippen LogP contribution >= 0.6 is 11.3 Å². The lowest BCUT2D eigenvalue weighted by atomic mass is 10.0. The second-order valence-corrected chi connectivity index (χ2v) is 8.36. The van der Waals surface area contributed by atoms with Gasteiger partial charge in [-0.3, -0.25) is 4.79 Å². The molecule has 2 heterocycles. The maximum atomic E-state index is 12.9. The van der Waals surface area contributed by atoms with Crippen LogP contribution in [-0.2, 0) is 4.79 Å². The van der Waals surface area contributed by atoms with E-state index in [4.69, 9.17) is 4.98 Å². The van der Waals surface area contributed by atoms with Crippen molar-refractivity contribution < 1.29 is 9.59 Å². The van der Waals surface area contributed by atoms with E-state index in [1.54, 1.807) is 11.3 Å². The van der Waals surface area contributed by atoms with Crippen molar-refractivity contribution in [1.29, 1.82) is 0 Å². The predicted molar refractivity (Wildman–Crippen MR) is 116 cm³/mol. The monoisotopic (exact) mass is 408 g/mol. The van der Waals surface area contributed by atoms with Gasteiger partial charge in [-0.05, 0) is 56.0 Å². The largest absolute Gasteiger partial charge is 0.332 e. The minimum atomic E-state index is -0.377. The van der Waals surface area contributed by atoms with E-state index >= 15 is 0 Å². The Bertz CT molecular complexity index is 999. The summed E-state index contributed by atoms with van der Waals surface area (Å²) in [7, 11) is 0. The summed E-state index contributed by atoms with van der Waals surface area (Å²) in [6.45, 7) is 2.63. The zero-order valence-corrected chi connectivity index (χ0v) is 17.2. The molecule has 4 rings (SSSR count). The number of para-hydroxylation sites is 1. The maximum absolute atomic E-state index is 12.9. The average Bonchev–Trinajstić information content (AvgIpc) is 3.16. The van der Waals surface area contributed by atoms with E-state index in [1.807, 2.05) is 54.3 Å². The SMILES string of the molecule is Cc1cccc(NC(=O)NCC(=O)N2CCCCC2c2nc3ccccc3s2)c1. The first-order chi connectivity index (χ1) is 14.1. The lowest BCUT2D eigenvalue weighted by molar-refractivity contribution is -0.133. The zero-order valence-electron chi connectivity index (χ0n) is 16.4. The molecule has 3 amide bonds. The fraction of sp³-hybridized carbons (Fsp3) is 0.318. The number of carbonyl (C=O) groups is 2. The molecule has 7 heteroatoms. The number of urea groups is 1. The number of aromatic nitrogens is 1. The van der Waals surface area contributed by atoms with Crippen LogP contribution < -0.4 is 10.6 Å². The Morgan fingerprint density at radius 2 is 2.03 bits per heavy atom. The highest BCUT2D eigenvalue weighted by molar-refractivity contribution is 7.18. The van der Waals surface area contributed by atoms with E-state index in [0.29, 0.717) is 12.2 Å². The third-order valence-corrected chi connectivity index (χ3v) is 6.23. The van der Waals surface area contributed by atoms with Crippen molar-refractivity contribution in [3.8, 4) is 0 Å². The Labute approximate surface area is 173 Å². The van der Waals surface area contributed by atoms with Gasteiger partial charge >= 0.3 is 6.03 Å². The number of thiazole rings is 1. The van der Waals surface area contributed by atoms with Gasteiger partial charge in [0.15, 0.2) is 0 Å². The fourth-order valence-electron chi connectivity index (χ4n) is 3.67. The highest BCUT2D eigenvalue weighted by Gasteiger charge is 2.30. The normalized spacial score (nSPS) is 16.6. The summed E-state index contributed by atoms with van der Waals surface area (Å²) < 4.78 is 1.14. The molecule has 1 aliphatic rings. The lowest BCUT2D eigenvalue weighted by Crippen LogP contribution is -2.45. The number of rotatable bonds is 4. The summed E-state index contributed by atoms with van der Waals surface area (Å²) in [5.74, 6) is -0.0756. The number of piperidine rings is 1. The number of aryl methyl sites for hydroxylation is 1. The number of amides is 3. The van der Waals surface area contributed by atoms with Crippen molar-refractivity contribution in [3.05, 3.63) is 59.1 Å². The van der Waals surface area contributed by atoms with Crippen molar-refractivity contribution in [2.24, 2.45) is 0 Å². The van der Waals surface area contributed by atoms with Crippen LogP contribution in [0.4, 0.5) is 10.5 Å². The summed E-state index contributed by atoms with van der Waals surface area (Å²) in [6, 6.07) is 15.2. The Morgan fingerprint density at radius 1 is 1.17 bits per heavy atom. The minimum Gasteiger partial charge on any atom is -0.332 e. The standard InChI is InChI=1S/C22H24N4O2S/c1-15-7-6-8-16(13-15)24-22(28)23-14-20(27)26-12-5-4-10-18(26)21-25-17-9-2-3-11-19(17)29-21/h2-3,6-9,11,13,18H,4-5,10,12,14H2,1H3,(H2,23,24,28). The van der Waals surface area contributed by atoms with Crippen LogP contribution in [0.5, 0.6) is 0 Å². The van der Waals surface area contributed by atoms with E-state index < -0.39 is 0 Å². The second kappa shape index (κ2) is 8.61. The van der Waals surface area contributed by atoms with E-state index in [0.717, 1.165) is 40.1 Å². The van der Waals surface area contributed by atoms with Gasteiger partial charge in [0.05, 0.1) is 22.8 Å². The Balaban J connectivity index is 1.40. The number of hydrogen-bond acceptors (Lipinski definition) is 4. The Hall–Kier alpha value is -2.93. The summed E-state index contributed by atoms with van der Waals surface area (Å²) in [5.41, 5.74) is 2.74. The molecule has 1 aliphatic heterocycles. The van der Waals surface area contributed by atoms with Crippen LogP contribution in [-0.4, -0.2) is 34.9 Å². The van der Waals surface area contributed by atoms with Crippen molar-refractivity contribution in [2.75, 3.05) is 18.4 Å². The number of nitrogens with one attached hydrogen (secondary N) is 2. The van der Waals surface area contributed by atoms with Crippen molar-refractivity contribution in [1.82, 2.24) is 15.2 Å². The van der Waals surface area contributed by atoms with Crippen LogP contribution in [0.3, 0.4) is 0 Å². The van der Waals surface area contributed by atoms with Gasteiger partial charge < -0.3 is 15.5 Å². The number of fused-ring (bicyclic) bond motifs is 1. The quantitative estimate of drug-likeness (QED) is 0.668. The molecular formula is C22H24N4O2S. The first-order valence-electron chi connectivity index (χ1n) is 9.86. The molecule has 6 nitrogen and oxygen atoms in total. The molecule has 3 aromatic rings. The highest BCUT2D eigenvalue weighted by Crippen LogP contribution is 2.35. The first-order valence-corrected chi connectivity index (χ1v) is 10.7. The maximum Gasteiger partial charge on any atom is 0.319 e. The summed E-state index contributed by atoms with van der Waals surface area (Å²) in [4.78, 5) is 31.7. The molecule has 1 fully saturated rings. The van der Waals surface area contributed by atoms with Gasteiger partial charge in [-0.25, -0.2) is 9.78 Å². The van der Waals surface area contributed by atoms with Gasteiger partial charge in [0.2, 0.25) is 5.91 Å². The molecule has 29 heavy (non-hydrogen) atoms. The minimum absolute atomic E-state index is 0.0183. The van der Waals surface area contributed by atoms with Gasteiger partial charge in [-0.15, -0.1) is 11.3 Å². The highest BCUT2D eigenvalue weighted by atomic mass is 32.1. The molecule has 1 aromatic heterocycles.